The maximum atomic E-state index is 13.0. The van der Waals surface area contributed by atoms with Crippen molar-refractivity contribution in [2.24, 2.45) is 5.92 Å². The SMILES string of the molecule is C[C@H](c1cccc([N+](=O)[O-])c1)N(C)C(=O)C1CCN(c2ccccc2[N+](=O)[O-])CC1. The van der Waals surface area contributed by atoms with Crippen molar-refractivity contribution in [1.29, 1.82) is 0 Å². The van der Waals surface area contributed by atoms with Crippen molar-refractivity contribution in [3.05, 3.63) is 74.3 Å². The van der Waals surface area contributed by atoms with Crippen LogP contribution < -0.4 is 4.90 Å². The lowest BCUT2D eigenvalue weighted by molar-refractivity contribution is -0.385. The van der Waals surface area contributed by atoms with Crippen LogP contribution in [0.4, 0.5) is 17.1 Å². The summed E-state index contributed by atoms with van der Waals surface area (Å²) in [5.41, 5.74) is 1.35. The first kappa shape index (κ1) is 21.2. The minimum Gasteiger partial charge on any atom is -0.366 e. The molecule has 9 heteroatoms. The first-order valence-corrected chi connectivity index (χ1v) is 9.79. The Labute approximate surface area is 174 Å². The van der Waals surface area contributed by atoms with Crippen LogP contribution in [0.1, 0.15) is 31.4 Å². The number of carbonyl (C=O) groups is 1. The molecule has 1 atom stereocenters. The third-order valence-corrected chi connectivity index (χ3v) is 5.76. The molecule has 0 radical (unpaired) electrons. The van der Waals surface area contributed by atoms with Gasteiger partial charge in [-0.15, -0.1) is 0 Å². The number of non-ortho nitro benzene ring substituents is 1. The molecular formula is C21H24N4O5. The predicted octanol–water partition coefficient (Wildman–Crippen LogP) is 3.94. The standard InChI is InChI=1S/C21H24N4O5/c1-15(17-6-5-7-18(14-17)24(27)28)22(2)21(26)16-10-12-23(13-11-16)19-8-3-4-9-20(19)25(29)30/h3-9,14-16H,10-13H2,1-2H3/t15-/m1/s1. The van der Waals surface area contributed by atoms with Gasteiger partial charge >= 0.3 is 0 Å². The third kappa shape index (κ3) is 4.40. The molecule has 0 unspecified atom stereocenters. The zero-order chi connectivity index (χ0) is 21.8. The van der Waals surface area contributed by atoms with Crippen LogP contribution in [0.25, 0.3) is 0 Å². The Morgan fingerprint density at radius 2 is 1.73 bits per heavy atom. The number of anilines is 1. The number of hydrogen-bond donors (Lipinski definition) is 0. The fraction of sp³-hybridized carbons (Fsp3) is 0.381. The van der Waals surface area contributed by atoms with Crippen LogP contribution in [-0.4, -0.2) is 40.8 Å². The second-order valence-corrected chi connectivity index (χ2v) is 7.48. The highest BCUT2D eigenvalue weighted by Crippen LogP contribution is 2.32. The number of hydrogen-bond acceptors (Lipinski definition) is 6. The Morgan fingerprint density at radius 1 is 1.07 bits per heavy atom. The van der Waals surface area contributed by atoms with Gasteiger partial charge in [-0.1, -0.05) is 24.3 Å². The Balaban J connectivity index is 1.66. The van der Waals surface area contributed by atoms with E-state index in [0.717, 1.165) is 0 Å². The highest BCUT2D eigenvalue weighted by Gasteiger charge is 2.31. The molecule has 1 aliphatic heterocycles. The molecule has 2 aromatic rings. The molecule has 1 amide bonds. The zero-order valence-electron chi connectivity index (χ0n) is 16.9. The topological polar surface area (TPSA) is 110 Å². The molecule has 1 saturated heterocycles. The second kappa shape index (κ2) is 8.89. The first-order valence-electron chi connectivity index (χ1n) is 9.79. The van der Waals surface area contributed by atoms with Crippen molar-refractivity contribution in [1.82, 2.24) is 4.90 Å². The fourth-order valence-corrected chi connectivity index (χ4v) is 3.85. The summed E-state index contributed by atoms with van der Waals surface area (Å²) in [5, 5.41) is 22.3. The smallest absolute Gasteiger partial charge is 0.292 e. The minimum absolute atomic E-state index is 0.00189. The van der Waals surface area contributed by atoms with Crippen LogP contribution in [0.2, 0.25) is 0 Å². The molecule has 1 heterocycles. The molecule has 2 aromatic carbocycles. The summed E-state index contributed by atoms with van der Waals surface area (Å²) in [7, 11) is 1.71. The van der Waals surface area contributed by atoms with E-state index in [2.05, 4.69) is 0 Å². The number of nitro groups is 2. The van der Waals surface area contributed by atoms with Crippen LogP contribution in [0.3, 0.4) is 0 Å². The molecule has 1 aliphatic rings. The molecule has 0 aromatic heterocycles. The monoisotopic (exact) mass is 412 g/mol. The minimum atomic E-state index is -0.448. The van der Waals surface area contributed by atoms with E-state index in [-0.39, 0.29) is 34.2 Å². The van der Waals surface area contributed by atoms with Crippen LogP contribution in [0, 0.1) is 26.1 Å². The number of nitro benzene ring substituents is 2. The largest absolute Gasteiger partial charge is 0.366 e. The molecule has 9 nitrogen and oxygen atoms in total. The van der Waals surface area contributed by atoms with Crippen molar-refractivity contribution in [2.45, 2.75) is 25.8 Å². The average Bonchev–Trinajstić information content (AvgIpc) is 2.77. The van der Waals surface area contributed by atoms with Gasteiger partial charge in [0.25, 0.3) is 11.4 Å². The number of piperidine rings is 1. The van der Waals surface area contributed by atoms with E-state index in [1.165, 1.54) is 18.2 Å². The molecule has 158 valence electrons. The van der Waals surface area contributed by atoms with E-state index < -0.39 is 4.92 Å². The van der Waals surface area contributed by atoms with E-state index >= 15 is 0 Å². The number of rotatable bonds is 6. The van der Waals surface area contributed by atoms with Gasteiger partial charge in [-0.05, 0) is 31.4 Å². The molecule has 0 saturated carbocycles. The van der Waals surface area contributed by atoms with Crippen LogP contribution in [0.15, 0.2) is 48.5 Å². The Kier molecular flexibility index (Phi) is 6.29. The first-order chi connectivity index (χ1) is 14.3. The normalized spacial score (nSPS) is 15.5. The zero-order valence-corrected chi connectivity index (χ0v) is 16.9. The highest BCUT2D eigenvalue weighted by atomic mass is 16.6. The molecule has 0 N–H and O–H groups in total. The lowest BCUT2D eigenvalue weighted by Crippen LogP contribution is -2.42. The molecule has 1 fully saturated rings. The molecule has 0 bridgehead atoms. The van der Waals surface area contributed by atoms with E-state index in [1.807, 2.05) is 11.8 Å². The number of para-hydroxylation sites is 2. The summed E-state index contributed by atoms with van der Waals surface area (Å²) < 4.78 is 0. The highest BCUT2D eigenvalue weighted by molar-refractivity contribution is 5.79. The third-order valence-electron chi connectivity index (χ3n) is 5.76. The van der Waals surface area contributed by atoms with E-state index in [9.17, 15) is 25.0 Å². The van der Waals surface area contributed by atoms with Gasteiger partial charge in [0.15, 0.2) is 0 Å². The number of benzene rings is 2. The van der Waals surface area contributed by atoms with Crippen molar-refractivity contribution in [3.63, 3.8) is 0 Å². The van der Waals surface area contributed by atoms with E-state index in [4.69, 9.17) is 0 Å². The van der Waals surface area contributed by atoms with Gasteiger partial charge in [-0.25, -0.2) is 0 Å². The number of carbonyl (C=O) groups excluding carboxylic acids is 1. The Hall–Kier alpha value is -3.49. The van der Waals surface area contributed by atoms with E-state index in [1.54, 1.807) is 42.3 Å². The van der Waals surface area contributed by atoms with Gasteiger partial charge < -0.3 is 9.80 Å². The van der Waals surface area contributed by atoms with Crippen molar-refractivity contribution < 1.29 is 14.6 Å². The molecule has 30 heavy (non-hydrogen) atoms. The number of nitrogens with zero attached hydrogens (tertiary/aromatic N) is 4. The predicted molar refractivity (Wildman–Crippen MR) is 112 cm³/mol. The van der Waals surface area contributed by atoms with Gasteiger partial charge in [0.1, 0.15) is 5.69 Å². The average molecular weight is 412 g/mol. The van der Waals surface area contributed by atoms with Gasteiger partial charge in [-0.2, -0.15) is 0 Å². The maximum absolute atomic E-state index is 13.0. The lowest BCUT2D eigenvalue weighted by Gasteiger charge is -2.35. The van der Waals surface area contributed by atoms with Crippen molar-refractivity contribution in [3.8, 4) is 0 Å². The van der Waals surface area contributed by atoms with Crippen molar-refractivity contribution >= 4 is 23.0 Å². The summed E-state index contributed by atoms with van der Waals surface area (Å²) >= 11 is 0. The summed E-state index contributed by atoms with van der Waals surface area (Å²) in [4.78, 5) is 38.1. The van der Waals surface area contributed by atoms with Gasteiger partial charge in [0.2, 0.25) is 5.91 Å². The lowest BCUT2D eigenvalue weighted by atomic mass is 9.93. The van der Waals surface area contributed by atoms with Crippen LogP contribution >= 0.6 is 0 Å². The van der Waals surface area contributed by atoms with Crippen LogP contribution in [0.5, 0.6) is 0 Å². The van der Waals surface area contributed by atoms with Gasteiger partial charge in [0, 0.05) is 44.3 Å². The Bertz CT molecular complexity index is 956. The van der Waals surface area contributed by atoms with Gasteiger partial charge in [0.05, 0.1) is 15.9 Å². The summed E-state index contributed by atoms with van der Waals surface area (Å²) in [6, 6.07) is 12.6. The molecule has 3 rings (SSSR count). The van der Waals surface area contributed by atoms with Gasteiger partial charge in [-0.3, -0.25) is 25.0 Å². The molecule has 0 spiro atoms. The quantitative estimate of drug-likeness (QED) is 0.525. The summed E-state index contributed by atoms with van der Waals surface area (Å²) in [5.74, 6) is -0.202. The summed E-state index contributed by atoms with van der Waals surface area (Å²) in [6.07, 6.45) is 1.19. The fourth-order valence-electron chi connectivity index (χ4n) is 3.85. The van der Waals surface area contributed by atoms with E-state index in [0.29, 0.717) is 37.2 Å². The van der Waals surface area contributed by atoms with Crippen LogP contribution in [-0.2, 0) is 4.79 Å². The molecule has 0 aliphatic carbocycles. The molecular weight excluding hydrogens is 388 g/mol. The Morgan fingerprint density at radius 3 is 2.37 bits per heavy atom. The summed E-state index contributed by atoms with van der Waals surface area (Å²) in [6.45, 7) is 2.96. The second-order valence-electron chi connectivity index (χ2n) is 7.48. The number of amides is 1. The van der Waals surface area contributed by atoms with Crippen molar-refractivity contribution in [2.75, 3.05) is 25.0 Å². The maximum Gasteiger partial charge on any atom is 0.292 e.